The molecule has 0 fully saturated rings. The van der Waals surface area contributed by atoms with Gasteiger partial charge in [0.1, 0.15) is 0 Å². The van der Waals surface area contributed by atoms with Crippen molar-refractivity contribution in [3.8, 4) is 0 Å². The Balaban J connectivity index is -0.00000000500. The Kier molecular flexibility index (Phi) is 65.0. The van der Waals surface area contributed by atoms with Crippen molar-refractivity contribution in [2.45, 2.75) is 0 Å². The van der Waals surface area contributed by atoms with E-state index < -0.39 is 0 Å². The molecule has 0 aromatic rings. The quantitative estimate of drug-likeness (QED) is 0.511. The van der Waals surface area contributed by atoms with Crippen molar-refractivity contribution in [2.75, 3.05) is 0 Å². The first-order valence-electron chi connectivity index (χ1n) is 0.144. The molecule has 1 nitrogen and oxygen atoms in total. The predicted octanol–water partition coefficient (Wildman–Crippen LogP) is -1.04. The van der Waals surface area contributed by atoms with Gasteiger partial charge in [0.2, 0.25) is 0 Å². The van der Waals surface area contributed by atoms with Crippen LogP contribution in [0.5, 0.6) is 0 Å². The van der Waals surface area contributed by atoms with Gasteiger partial charge < -0.3 is 0 Å². The molecule has 21 valence electrons. The van der Waals surface area contributed by atoms with Gasteiger partial charge in [0, 0.05) is 35.6 Å². The number of hydrogen-bond acceptors (Lipinski definition) is 1. The predicted molar refractivity (Wildman–Crippen MR) is 9.23 cm³/mol. The summed E-state index contributed by atoms with van der Waals surface area (Å²) < 4.78 is 8.00. The van der Waals surface area contributed by atoms with E-state index in [-0.39, 0.29) is 84.5 Å². The van der Waals surface area contributed by atoms with Gasteiger partial charge in [-0.15, -0.1) is 0 Å². The molecule has 0 aliphatic carbocycles. The zero-order chi connectivity index (χ0) is 2.00. The van der Waals surface area contributed by atoms with Crippen LogP contribution in [0.3, 0.4) is 0 Å². The van der Waals surface area contributed by atoms with Gasteiger partial charge in [-0.25, -0.2) is 0 Å². The number of rotatable bonds is 0. The van der Waals surface area contributed by atoms with Crippen LogP contribution in [0, 0.1) is 35.6 Å². The third kappa shape index (κ3) is 8.92. The Morgan fingerprint density at radius 3 is 1.25 bits per heavy atom. The van der Waals surface area contributed by atoms with E-state index in [0.717, 1.165) is 0 Å². The molecule has 0 N–H and O–H groups in total. The van der Waals surface area contributed by atoms with Crippen LogP contribution in [0.25, 0.3) is 0 Å². The Morgan fingerprint density at radius 1 is 1.25 bits per heavy atom. The molecule has 4 heavy (non-hydrogen) atoms. The molecular formula is H2BaFeLaO. The fraction of sp³-hybridized carbons (Fsp3) is 0. The maximum atomic E-state index is 8.00. The summed E-state index contributed by atoms with van der Waals surface area (Å²) in [7, 11) is 0. The van der Waals surface area contributed by atoms with Gasteiger partial charge in [-0.2, -0.15) is 0 Å². The van der Waals surface area contributed by atoms with Gasteiger partial charge in [0.15, 0.2) is 0 Å². The van der Waals surface area contributed by atoms with E-state index >= 15 is 0 Å². The Labute approximate surface area is 101 Å². The van der Waals surface area contributed by atoms with Gasteiger partial charge in [0.05, 0.1) is 0 Å². The Morgan fingerprint density at radius 2 is 1.25 bits per heavy atom. The van der Waals surface area contributed by atoms with Gasteiger partial charge >= 0.3 is 68.7 Å². The second-order valence-electron chi connectivity index (χ2n) is 0. The first-order valence-corrected chi connectivity index (χ1v) is 0.595. The Hall–Kier alpha value is 3.09. The monoisotopic (exact) mass is 351 g/mol. The van der Waals surface area contributed by atoms with E-state index in [9.17, 15) is 0 Å². The molecule has 0 aliphatic heterocycles. The summed E-state index contributed by atoms with van der Waals surface area (Å²) in [6, 6.07) is 0. The van der Waals surface area contributed by atoms with E-state index in [4.69, 9.17) is 3.83 Å². The van der Waals surface area contributed by atoms with Crippen molar-refractivity contribution in [2.24, 2.45) is 0 Å². The van der Waals surface area contributed by atoms with Gasteiger partial charge in [-0.1, -0.05) is 0 Å². The molecule has 0 bridgehead atoms. The SMILES string of the molecule is [BaH2].[La].[O]=[Fe]. The van der Waals surface area contributed by atoms with Crippen LogP contribution >= 0.6 is 0 Å². The molecule has 0 amide bonds. The molecule has 0 spiro atoms. The zero-order valence-electron chi connectivity index (χ0n) is 1.34. The number of hydrogen-bond donors (Lipinski definition) is 0. The van der Waals surface area contributed by atoms with Crippen LogP contribution in [-0.2, 0) is 19.8 Å². The van der Waals surface area contributed by atoms with Crippen LogP contribution in [0.2, 0.25) is 0 Å². The van der Waals surface area contributed by atoms with Crippen molar-refractivity contribution in [1.29, 1.82) is 0 Å². The second kappa shape index (κ2) is 16.5. The van der Waals surface area contributed by atoms with E-state index in [1.54, 1.807) is 0 Å². The molecule has 0 saturated carbocycles. The summed E-state index contributed by atoms with van der Waals surface area (Å²) in [4.78, 5) is 0. The van der Waals surface area contributed by atoms with Crippen molar-refractivity contribution >= 4 is 48.9 Å². The fourth-order valence-corrected chi connectivity index (χ4v) is 0. The minimum absolute atomic E-state index is 0. The van der Waals surface area contributed by atoms with Crippen LogP contribution < -0.4 is 0 Å². The van der Waals surface area contributed by atoms with E-state index in [1.165, 1.54) is 0 Å². The summed E-state index contributed by atoms with van der Waals surface area (Å²) >= 11 is 2.00. The molecule has 4 heteroatoms. The van der Waals surface area contributed by atoms with Crippen LogP contribution in [0.4, 0.5) is 0 Å². The summed E-state index contributed by atoms with van der Waals surface area (Å²) in [5.74, 6) is 0. The van der Waals surface area contributed by atoms with Gasteiger partial charge in [0.25, 0.3) is 0 Å². The average molecular weight is 350 g/mol. The second-order valence-corrected chi connectivity index (χ2v) is 0. The normalized spacial score (nSPS) is 1.25. The van der Waals surface area contributed by atoms with Gasteiger partial charge in [-0.3, -0.25) is 0 Å². The van der Waals surface area contributed by atoms with Crippen LogP contribution in [-0.4, -0.2) is 48.9 Å². The van der Waals surface area contributed by atoms with Crippen molar-refractivity contribution in [3.05, 3.63) is 0 Å². The molecule has 1 radical (unpaired) electrons. The topological polar surface area (TPSA) is 17.1 Å². The first kappa shape index (κ1) is 15.7. The molecule has 0 unspecified atom stereocenters. The molecule has 0 aromatic heterocycles. The summed E-state index contributed by atoms with van der Waals surface area (Å²) in [5, 5.41) is 0. The van der Waals surface area contributed by atoms with Crippen LogP contribution in [0.15, 0.2) is 0 Å². The zero-order valence-corrected chi connectivity index (χ0v) is 6.07. The average Bonchev–Trinajstić information content (AvgIpc) is 1.00. The molecule has 0 atom stereocenters. The van der Waals surface area contributed by atoms with E-state index in [0.29, 0.717) is 0 Å². The van der Waals surface area contributed by atoms with Crippen molar-refractivity contribution in [1.82, 2.24) is 0 Å². The molecular weight excluding hydrogens is 348 g/mol. The van der Waals surface area contributed by atoms with Crippen molar-refractivity contribution < 1.29 is 55.4 Å². The Bertz CT molecular complexity index is 8.00. The molecule has 0 saturated heterocycles. The summed E-state index contributed by atoms with van der Waals surface area (Å²) in [5.41, 5.74) is 0. The molecule has 0 aromatic carbocycles. The van der Waals surface area contributed by atoms with E-state index in [1.807, 2.05) is 15.9 Å². The summed E-state index contributed by atoms with van der Waals surface area (Å²) in [6.45, 7) is 0. The molecule has 0 heterocycles. The first-order chi connectivity index (χ1) is 1.00. The fourth-order valence-electron chi connectivity index (χ4n) is 0. The molecule has 0 aliphatic rings. The third-order valence-corrected chi connectivity index (χ3v) is 0. The maximum absolute atomic E-state index is 8.00. The minimum atomic E-state index is 0. The standard InChI is InChI=1S/Ba.Fe.La.O.2H. The third-order valence-electron chi connectivity index (χ3n) is 0. The molecule has 0 rings (SSSR count). The van der Waals surface area contributed by atoms with E-state index in [2.05, 4.69) is 0 Å². The summed E-state index contributed by atoms with van der Waals surface area (Å²) in [6.07, 6.45) is 0. The van der Waals surface area contributed by atoms with Crippen molar-refractivity contribution in [3.63, 3.8) is 0 Å². The van der Waals surface area contributed by atoms with Crippen LogP contribution in [0.1, 0.15) is 0 Å². The van der Waals surface area contributed by atoms with Gasteiger partial charge in [-0.05, 0) is 0 Å².